The zero-order valence-corrected chi connectivity index (χ0v) is 13.2. The first-order valence-electron chi connectivity index (χ1n) is 5.68. The maximum atomic E-state index is 11.5. The highest BCUT2D eigenvalue weighted by molar-refractivity contribution is 6.40. The Morgan fingerprint density at radius 2 is 1.68 bits per heavy atom. The molecule has 0 radical (unpaired) electrons. The number of halogens is 3. The van der Waals surface area contributed by atoms with Crippen LogP contribution < -0.4 is 4.74 Å². The highest BCUT2D eigenvalue weighted by Crippen LogP contribution is 2.35. The van der Waals surface area contributed by atoms with Gasteiger partial charge < -0.3 is 9.47 Å². The van der Waals surface area contributed by atoms with Crippen molar-refractivity contribution in [1.82, 2.24) is 0 Å². The standard InChI is InChI=1S/C13H15Cl3O3/c1-13(2,3)19-11(17)4-5-18-12-9(15)6-8(14)7-10(12)16/h6-7H,4-5H2,1-3H3. The molecule has 0 aromatic heterocycles. The van der Waals surface area contributed by atoms with Gasteiger partial charge in [0, 0.05) is 5.02 Å². The summed E-state index contributed by atoms with van der Waals surface area (Å²) < 4.78 is 10.5. The van der Waals surface area contributed by atoms with Crippen molar-refractivity contribution in [1.29, 1.82) is 0 Å². The van der Waals surface area contributed by atoms with Crippen molar-refractivity contribution < 1.29 is 14.3 Å². The lowest BCUT2D eigenvalue weighted by Crippen LogP contribution is -2.24. The van der Waals surface area contributed by atoms with Gasteiger partial charge in [0.2, 0.25) is 0 Å². The average molecular weight is 326 g/mol. The van der Waals surface area contributed by atoms with E-state index >= 15 is 0 Å². The summed E-state index contributed by atoms with van der Waals surface area (Å²) in [7, 11) is 0. The lowest BCUT2D eigenvalue weighted by atomic mass is 10.2. The fourth-order valence-corrected chi connectivity index (χ4v) is 2.22. The number of esters is 1. The van der Waals surface area contributed by atoms with E-state index in [0.717, 1.165) is 0 Å². The predicted molar refractivity (Wildman–Crippen MR) is 77.4 cm³/mol. The summed E-state index contributed by atoms with van der Waals surface area (Å²) in [6.45, 7) is 5.55. The fourth-order valence-electron chi connectivity index (χ4n) is 1.30. The Morgan fingerprint density at radius 3 is 2.16 bits per heavy atom. The predicted octanol–water partition coefficient (Wildman–Crippen LogP) is 4.76. The van der Waals surface area contributed by atoms with Crippen LogP contribution in [0.5, 0.6) is 5.75 Å². The van der Waals surface area contributed by atoms with E-state index in [4.69, 9.17) is 44.3 Å². The minimum atomic E-state index is -0.507. The van der Waals surface area contributed by atoms with Gasteiger partial charge in [-0.25, -0.2) is 0 Å². The zero-order valence-electron chi connectivity index (χ0n) is 10.9. The third-order valence-corrected chi connectivity index (χ3v) is 2.72. The molecule has 0 aliphatic carbocycles. The number of carbonyl (C=O) groups is 1. The van der Waals surface area contributed by atoms with E-state index in [2.05, 4.69) is 0 Å². The van der Waals surface area contributed by atoms with Crippen molar-refractivity contribution in [3.8, 4) is 5.75 Å². The van der Waals surface area contributed by atoms with Crippen LogP contribution in [0.15, 0.2) is 12.1 Å². The Balaban J connectivity index is 2.52. The van der Waals surface area contributed by atoms with Crippen molar-refractivity contribution in [2.75, 3.05) is 6.61 Å². The van der Waals surface area contributed by atoms with Gasteiger partial charge in [-0.2, -0.15) is 0 Å². The molecule has 106 valence electrons. The van der Waals surface area contributed by atoms with Gasteiger partial charge in [-0.3, -0.25) is 4.79 Å². The van der Waals surface area contributed by atoms with Crippen molar-refractivity contribution >= 4 is 40.8 Å². The van der Waals surface area contributed by atoms with E-state index in [1.165, 1.54) is 12.1 Å². The largest absolute Gasteiger partial charge is 0.490 e. The molecule has 1 rings (SSSR count). The van der Waals surface area contributed by atoms with Crippen LogP contribution in [0.3, 0.4) is 0 Å². The highest BCUT2D eigenvalue weighted by Gasteiger charge is 2.16. The Labute approximate surface area is 127 Å². The molecule has 0 spiro atoms. The molecule has 0 atom stereocenters. The molecule has 0 saturated carbocycles. The third kappa shape index (κ3) is 5.89. The first kappa shape index (κ1) is 16.4. The van der Waals surface area contributed by atoms with Crippen LogP contribution in [0.4, 0.5) is 0 Å². The van der Waals surface area contributed by atoms with Crippen molar-refractivity contribution in [3.63, 3.8) is 0 Å². The number of rotatable bonds is 4. The second kappa shape index (κ2) is 6.69. The minimum absolute atomic E-state index is 0.118. The topological polar surface area (TPSA) is 35.5 Å². The lowest BCUT2D eigenvalue weighted by Gasteiger charge is -2.19. The molecule has 0 aliphatic heterocycles. The molecule has 0 aliphatic rings. The Morgan fingerprint density at radius 1 is 1.16 bits per heavy atom. The van der Waals surface area contributed by atoms with Crippen LogP contribution in [0.2, 0.25) is 15.1 Å². The lowest BCUT2D eigenvalue weighted by molar-refractivity contribution is -0.155. The van der Waals surface area contributed by atoms with E-state index in [0.29, 0.717) is 20.8 Å². The Kier molecular flexibility index (Phi) is 5.78. The average Bonchev–Trinajstić information content (AvgIpc) is 2.19. The molecule has 0 N–H and O–H groups in total. The van der Waals surface area contributed by atoms with Gasteiger partial charge in [0.1, 0.15) is 5.60 Å². The van der Waals surface area contributed by atoms with Crippen LogP contribution in [0, 0.1) is 0 Å². The number of ether oxygens (including phenoxy) is 2. The number of benzene rings is 1. The first-order valence-corrected chi connectivity index (χ1v) is 6.81. The maximum Gasteiger partial charge on any atom is 0.309 e. The molecule has 0 heterocycles. The van der Waals surface area contributed by atoms with Crippen molar-refractivity contribution in [2.45, 2.75) is 32.8 Å². The van der Waals surface area contributed by atoms with Gasteiger partial charge in [0.15, 0.2) is 5.75 Å². The molecule has 0 bridgehead atoms. The number of hydrogen-bond acceptors (Lipinski definition) is 3. The molecular formula is C13H15Cl3O3. The van der Waals surface area contributed by atoms with E-state index in [-0.39, 0.29) is 19.0 Å². The first-order chi connectivity index (χ1) is 8.69. The monoisotopic (exact) mass is 324 g/mol. The summed E-state index contributed by atoms with van der Waals surface area (Å²) in [5.74, 6) is -0.0231. The minimum Gasteiger partial charge on any atom is -0.490 e. The molecule has 0 fully saturated rings. The molecule has 1 aromatic carbocycles. The maximum absolute atomic E-state index is 11.5. The van der Waals surface area contributed by atoms with Gasteiger partial charge in [0.05, 0.1) is 23.1 Å². The normalized spacial score (nSPS) is 11.3. The van der Waals surface area contributed by atoms with Crippen LogP contribution in [-0.2, 0) is 9.53 Å². The smallest absolute Gasteiger partial charge is 0.309 e. The summed E-state index contributed by atoms with van der Waals surface area (Å²) in [5, 5.41) is 1.04. The fraction of sp³-hybridized carbons (Fsp3) is 0.462. The van der Waals surface area contributed by atoms with E-state index in [9.17, 15) is 4.79 Å². The Bertz CT molecular complexity index is 444. The van der Waals surface area contributed by atoms with Crippen molar-refractivity contribution in [3.05, 3.63) is 27.2 Å². The van der Waals surface area contributed by atoms with Crippen LogP contribution in [-0.4, -0.2) is 18.2 Å². The van der Waals surface area contributed by atoms with Gasteiger partial charge in [0.25, 0.3) is 0 Å². The Hall–Kier alpha value is -0.640. The van der Waals surface area contributed by atoms with Gasteiger partial charge in [-0.15, -0.1) is 0 Å². The SMILES string of the molecule is CC(C)(C)OC(=O)CCOc1c(Cl)cc(Cl)cc1Cl. The molecule has 1 aromatic rings. The molecule has 0 unspecified atom stereocenters. The van der Waals surface area contributed by atoms with Gasteiger partial charge in [-0.05, 0) is 32.9 Å². The van der Waals surface area contributed by atoms with E-state index in [1.807, 2.05) is 0 Å². The van der Waals surface area contributed by atoms with Crippen molar-refractivity contribution in [2.24, 2.45) is 0 Å². The molecule has 0 saturated heterocycles. The van der Waals surface area contributed by atoms with E-state index < -0.39 is 5.60 Å². The number of carbonyl (C=O) groups excluding carboxylic acids is 1. The highest BCUT2D eigenvalue weighted by atomic mass is 35.5. The summed E-state index contributed by atoms with van der Waals surface area (Å²) in [5.41, 5.74) is -0.507. The van der Waals surface area contributed by atoms with Crippen LogP contribution in [0.25, 0.3) is 0 Å². The molecular weight excluding hydrogens is 310 g/mol. The molecule has 19 heavy (non-hydrogen) atoms. The van der Waals surface area contributed by atoms with Gasteiger partial charge >= 0.3 is 5.97 Å². The molecule has 6 heteroatoms. The summed E-state index contributed by atoms with van der Waals surface area (Å²) in [6.07, 6.45) is 0.118. The second-order valence-electron chi connectivity index (χ2n) is 4.88. The third-order valence-electron chi connectivity index (χ3n) is 1.94. The summed E-state index contributed by atoms with van der Waals surface area (Å²) >= 11 is 17.7. The second-order valence-corrected chi connectivity index (χ2v) is 6.13. The van der Waals surface area contributed by atoms with E-state index in [1.54, 1.807) is 20.8 Å². The quantitative estimate of drug-likeness (QED) is 0.749. The summed E-state index contributed by atoms with van der Waals surface area (Å²) in [4.78, 5) is 11.5. The molecule has 0 amide bonds. The van der Waals surface area contributed by atoms with Crippen LogP contribution >= 0.6 is 34.8 Å². The van der Waals surface area contributed by atoms with Gasteiger partial charge in [-0.1, -0.05) is 34.8 Å². The zero-order chi connectivity index (χ0) is 14.6. The molecule has 3 nitrogen and oxygen atoms in total. The summed E-state index contributed by atoms with van der Waals surface area (Å²) in [6, 6.07) is 3.05. The number of hydrogen-bond donors (Lipinski definition) is 0. The van der Waals surface area contributed by atoms with Crippen LogP contribution in [0.1, 0.15) is 27.2 Å².